The van der Waals surface area contributed by atoms with Gasteiger partial charge in [-0.1, -0.05) is 23.7 Å². The van der Waals surface area contributed by atoms with E-state index >= 15 is 0 Å². The monoisotopic (exact) mass is 352 g/mol. The number of nitrogens with one attached hydrogen (secondary N) is 1. The van der Waals surface area contributed by atoms with E-state index in [1.165, 1.54) is 18.2 Å². The SMILES string of the molecule is O=S([O-])Nc1ccc(-c2ccc(C(F)(F)F)c(F)c2)c(Cl)c1. The van der Waals surface area contributed by atoms with E-state index in [2.05, 4.69) is 4.72 Å². The minimum Gasteiger partial charge on any atom is -0.755 e. The van der Waals surface area contributed by atoms with E-state index in [4.69, 9.17) is 11.6 Å². The van der Waals surface area contributed by atoms with Gasteiger partial charge in [-0.15, -0.1) is 0 Å². The van der Waals surface area contributed by atoms with E-state index in [-0.39, 0.29) is 21.8 Å². The van der Waals surface area contributed by atoms with Crippen molar-refractivity contribution in [1.29, 1.82) is 0 Å². The first-order chi connectivity index (χ1) is 10.2. The summed E-state index contributed by atoms with van der Waals surface area (Å²) >= 11 is 3.41. The molecule has 1 unspecified atom stereocenters. The zero-order valence-electron chi connectivity index (χ0n) is 10.6. The number of hydrogen-bond donors (Lipinski definition) is 1. The lowest BCUT2D eigenvalue weighted by molar-refractivity contribution is -0.139. The number of rotatable bonds is 3. The third-order valence-electron chi connectivity index (χ3n) is 2.76. The highest BCUT2D eigenvalue weighted by atomic mass is 35.5. The van der Waals surface area contributed by atoms with Crippen LogP contribution in [0.25, 0.3) is 11.1 Å². The number of alkyl halides is 3. The highest BCUT2D eigenvalue weighted by molar-refractivity contribution is 7.80. The lowest BCUT2D eigenvalue weighted by atomic mass is 10.0. The summed E-state index contributed by atoms with van der Waals surface area (Å²) in [5.74, 6) is -1.41. The Morgan fingerprint density at radius 3 is 2.32 bits per heavy atom. The van der Waals surface area contributed by atoms with Gasteiger partial charge in [-0.05, 0) is 29.8 Å². The second-order valence-corrected chi connectivity index (χ2v) is 5.30. The van der Waals surface area contributed by atoms with Crippen molar-refractivity contribution in [3.8, 4) is 11.1 Å². The van der Waals surface area contributed by atoms with Gasteiger partial charge in [-0.2, -0.15) is 13.2 Å². The quantitative estimate of drug-likeness (QED) is 0.658. The molecular weight excluding hydrogens is 346 g/mol. The van der Waals surface area contributed by atoms with Crippen LogP contribution in [0.5, 0.6) is 0 Å². The highest BCUT2D eigenvalue weighted by Crippen LogP contribution is 2.35. The van der Waals surface area contributed by atoms with E-state index in [1.54, 1.807) is 0 Å². The maximum Gasteiger partial charge on any atom is 0.419 e. The van der Waals surface area contributed by atoms with Crippen LogP contribution in [0.4, 0.5) is 23.2 Å². The molecule has 0 aliphatic rings. The molecule has 0 aliphatic carbocycles. The third kappa shape index (κ3) is 3.76. The molecule has 3 nitrogen and oxygen atoms in total. The molecule has 0 spiro atoms. The summed E-state index contributed by atoms with van der Waals surface area (Å²) < 4.78 is 74.1. The molecule has 0 saturated carbocycles. The molecule has 9 heteroatoms. The van der Waals surface area contributed by atoms with Gasteiger partial charge in [0.05, 0.1) is 10.6 Å². The van der Waals surface area contributed by atoms with Crippen LogP contribution in [-0.4, -0.2) is 8.76 Å². The Labute approximate surface area is 130 Å². The van der Waals surface area contributed by atoms with Gasteiger partial charge in [0.1, 0.15) is 5.82 Å². The fourth-order valence-electron chi connectivity index (χ4n) is 1.82. The standard InChI is InChI=1S/C13H8ClF4NO2S/c14-11-6-8(19-22(20)21)2-3-9(11)7-1-4-10(12(15)5-7)13(16,17)18/h1-6,19H,(H,20,21)/p-1. The fraction of sp³-hybridized carbons (Fsp3) is 0.0769. The van der Waals surface area contributed by atoms with Gasteiger partial charge < -0.3 is 9.27 Å². The van der Waals surface area contributed by atoms with E-state index < -0.39 is 28.8 Å². The summed E-state index contributed by atoms with van der Waals surface area (Å²) in [6.45, 7) is 0. The van der Waals surface area contributed by atoms with Crippen LogP contribution in [0.3, 0.4) is 0 Å². The molecule has 1 N–H and O–H groups in total. The molecule has 1 atom stereocenters. The minimum absolute atomic E-state index is 0.0645. The molecule has 0 bridgehead atoms. The van der Waals surface area contributed by atoms with Crippen LogP contribution in [-0.2, 0) is 17.4 Å². The summed E-state index contributed by atoms with van der Waals surface area (Å²) in [5.41, 5.74) is -0.774. The summed E-state index contributed by atoms with van der Waals surface area (Å²) in [7, 11) is 0. The van der Waals surface area contributed by atoms with Gasteiger partial charge in [0.15, 0.2) is 0 Å². The topological polar surface area (TPSA) is 52.2 Å². The van der Waals surface area contributed by atoms with Crippen LogP contribution in [0.15, 0.2) is 36.4 Å². The molecule has 0 aliphatic heterocycles. The Kier molecular flexibility index (Phi) is 4.74. The lowest BCUT2D eigenvalue weighted by Crippen LogP contribution is -2.07. The molecule has 0 amide bonds. The molecule has 2 aromatic rings. The summed E-state index contributed by atoms with van der Waals surface area (Å²) in [6, 6.07) is 6.43. The summed E-state index contributed by atoms with van der Waals surface area (Å²) in [6.07, 6.45) is -4.78. The summed E-state index contributed by atoms with van der Waals surface area (Å²) in [4.78, 5) is 0. The van der Waals surface area contributed by atoms with Crippen LogP contribution >= 0.6 is 11.6 Å². The zero-order valence-corrected chi connectivity index (χ0v) is 12.2. The first kappa shape index (κ1) is 16.7. The van der Waals surface area contributed by atoms with Gasteiger partial charge in [0.2, 0.25) is 0 Å². The normalized spacial score (nSPS) is 13.0. The Hall–Kier alpha value is -1.64. The van der Waals surface area contributed by atoms with Crippen LogP contribution in [0, 0.1) is 5.82 Å². The molecule has 22 heavy (non-hydrogen) atoms. The van der Waals surface area contributed by atoms with Gasteiger partial charge in [-0.3, -0.25) is 4.21 Å². The largest absolute Gasteiger partial charge is 0.755 e. The Balaban J connectivity index is 2.40. The van der Waals surface area contributed by atoms with Crippen molar-refractivity contribution < 1.29 is 26.3 Å². The average molecular weight is 353 g/mol. The maximum atomic E-state index is 13.6. The number of benzene rings is 2. The smallest absolute Gasteiger partial charge is 0.419 e. The Bertz CT molecular complexity index is 736. The molecule has 0 aromatic heterocycles. The van der Waals surface area contributed by atoms with Crippen LogP contribution in [0.1, 0.15) is 5.56 Å². The van der Waals surface area contributed by atoms with Crippen molar-refractivity contribution >= 4 is 28.6 Å². The second-order valence-electron chi connectivity index (χ2n) is 4.22. The van der Waals surface area contributed by atoms with Gasteiger partial charge in [-0.25, -0.2) is 4.39 Å². The van der Waals surface area contributed by atoms with Crippen molar-refractivity contribution in [3.63, 3.8) is 0 Å². The van der Waals surface area contributed by atoms with Crippen LogP contribution < -0.4 is 4.72 Å². The molecular formula is C13H7ClF4NO2S-. The lowest BCUT2D eigenvalue weighted by Gasteiger charge is -2.12. The number of anilines is 1. The fourth-order valence-corrected chi connectivity index (χ4v) is 2.43. The average Bonchev–Trinajstić information content (AvgIpc) is 2.36. The minimum atomic E-state index is -4.78. The van der Waals surface area contributed by atoms with Gasteiger partial charge in [0, 0.05) is 22.5 Å². The molecule has 118 valence electrons. The van der Waals surface area contributed by atoms with Crippen LogP contribution in [0.2, 0.25) is 5.02 Å². The first-order valence-electron chi connectivity index (χ1n) is 5.71. The number of hydrogen-bond acceptors (Lipinski definition) is 2. The first-order valence-corrected chi connectivity index (χ1v) is 7.16. The Morgan fingerprint density at radius 2 is 1.82 bits per heavy atom. The van der Waals surface area contributed by atoms with E-state index in [0.29, 0.717) is 6.07 Å². The van der Waals surface area contributed by atoms with Crippen molar-refractivity contribution in [1.82, 2.24) is 0 Å². The van der Waals surface area contributed by atoms with E-state index in [1.807, 2.05) is 0 Å². The molecule has 0 heterocycles. The van der Waals surface area contributed by atoms with Crippen molar-refractivity contribution in [3.05, 3.63) is 52.8 Å². The Morgan fingerprint density at radius 1 is 1.14 bits per heavy atom. The van der Waals surface area contributed by atoms with Gasteiger partial charge >= 0.3 is 6.18 Å². The van der Waals surface area contributed by atoms with Crippen molar-refractivity contribution in [2.45, 2.75) is 6.18 Å². The molecule has 2 aromatic carbocycles. The van der Waals surface area contributed by atoms with Crippen molar-refractivity contribution in [2.24, 2.45) is 0 Å². The second kappa shape index (κ2) is 6.23. The summed E-state index contributed by atoms with van der Waals surface area (Å²) in [5, 5.41) is 0.0645. The third-order valence-corrected chi connectivity index (χ3v) is 3.47. The predicted molar refractivity (Wildman–Crippen MR) is 74.4 cm³/mol. The maximum absolute atomic E-state index is 13.6. The van der Waals surface area contributed by atoms with E-state index in [0.717, 1.165) is 12.1 Å². The number of halogens is 5. The van der Waals surface area contributed by atoms with Crippen molar-refractivity contribution in [2.75, 3.05) is 4.72 Å². The molecule has 0 radical (unpaired) electrons. The molecule has 2 rings (SSSR count). The van der Waals surface area contributed by atoms with Gasteiger partial charge in [0.25, 0.3) is 0 Å². The zero-order chi connectivity index (χ0) is 16.5. The molecule has 0 fully saturated rings. The molecule has 0 saturated heterocycles. The highest BCUT2D eigenvalue weighted by Gasteiger charge is 2.34. The predicted octanol–water partition coefficient (Wildman–Crippen LogP) is 4.37. The van der Waals surface area contributed by atoms with E-state index in [9.17, 15) is 26.3 Å².